The molecule has 0 heterocycles. The third kappa shape index (κ3) is 3.89. The van der Waals surface area contributed by atoms with E-state index < -0.39 is 0 Å². The molecule has 0 radical (unpaired) electrons. The topological polar surface area (TPSA) is 55.6 Å². The third-order valence-electron chi connectivity index (χ3n) is 1.94. The normalized spacial score (nSPS) is 9.73. The summed E-state index contributed by atoms with van der Waals surface area (Å²) in [6, 6.07) is 7.16. The lowest BCUT2D eigenvalue weighted by Crippen LogP contribution is -2.23. The van der Waals surface area contributed by atoms with E-state index in [1.54, 1.807) is 31.1 Å². The van der Waals surface area contributed by atoms with Gasteiger partial charge in [0.15, 0.2) is 0 Å². The minimum absolute atomic E-state index is 0.0545. The monoisotopic (exact) mass is 208 g/mol. The first kappa shape index (κ1) is 11.4. The van der Waals surface area contributed by atoms with Crippen LogP contribution in [-0.2, 0) is 4.79 Å². The molecule has 0 aliphatic heterocycles. The van der Waals surface area contributed by atoms with Crippen molar-refractivity contribution in [1.82, 2.24) is 4.90 Å². The highest BCUT2D eigenvalue weighted by molar-refractivity contribution is 5.75. The maximum absolute atomic E-state index is 11.2. The standard InChI is InChI=1S/C11H16N2O2/c1-13(2)11(14)6-7-15-10-5-3-4-9(12)8-10/h3-5,8H,6-7,12H2,1-2H3. The Hall–Kier alpha value is -1.71. The van der Waals surface area contributed by atoms with Crippen LogP contribution in [0.25, 0.3) is 0 Å². The summed E-state index contributed by atoms with van der Waals surface area (Å²) in [5.74, 6) is 0.750. The minimum Gasteiger partial charge on any atom is -0.493 e. The summed E-state index contributed by atoms with van der Waals surface area (Å²) in [5.41, 5.74) is 6.24. The van der Waals surface area contributed by atoms with Crippen molar-refractivity contribution >= 4 is 11.6 Å². The Kier molecular flexibility index (Phi) is 3.97. The molecule has 1 rings (SSSR count). The van der Waals surface area contributed by atoms with Crippen molar-refractivity contribution in [2.45, 2.75) is 6.42 Å². The first-order valence-corrected chi connectivity index (χ1v) is 4.78. The summed E-state index contributed by atoms with van der Waals surface area (Å²) >= 11 is 0. The van der Waals surface area contributed by atoms with E-state index in [0.717, 1.165) is 0 Å². The van der Waals surface area contributed by atoms with E-state index in [4.69, 9.17) is 10.5 Å². The number of nitrogens with zero attached hydrogens (tertiary/aromatic N) is 1. The lowest BCUT2D eigenvalue weighted by Gasteiger charge is -2.10. The fraction of sp³-hybridized carbons (Fsp3) is 0.364. The molecule has 1 aromatic carbocycles. The summed E-state index contributed by atoms with van der Waals surface area (Å²) in [6.07, 6.45) is 0.377. The molecule has 0 fully saturated rings. The van der Waals surface area contributed by atoms with Crippen LogP contribution in [0.5, 0.6) is 5.75 Å². The zero-order valence-electron chi connectivity index (χ0n) is 9.06. The summed E-state index contributed by atoms with van der Waals surface area (Å²) < 4.78 is 5.38. The van der Waals surface area contributed by atoms with Crippen LogP contribution in [0.3, 0.4) is 0 Å². The summed E-state index contributed by atoms with van der Waals surface area (Å²) in [5, 5.41) is 0. The van der Waals surface area contributed by atoms with E-state index in [2.05, 4.69) is 0 Å². The van der Waals surface area contributed by atoms with Gasteiger partial charge in [0.2, 0.25) is 5.91 Å². The number of hydrogen-bond donors (Lipinski definition) is 1. The van der Waals surface area contributed by atoms with Gasteiger partial charge in [0.25, 0.3) is 0 Å². The Bertz CT molecular complexity index is 337. The van der Waals surface area contributed by atoms with E-state index in [1.165, 1.54) is 0 Å². The van der Waals surface area contributed by atoms with Crippen molar-refractivity contribution in [3.05, 3.63) is 24.3 Å². The second kappa shape index (κ2) is 5.24. The minimum atomic E-state index is 0.0545. The molecule has 0 unspecified atom stereocenters. The van der Waals surface area contributed by atoms with Crippen molar-refractivity contribution in [3.8, 4) is 5.75 Å². The molecular weight excluding hydrogens is 192 g/mol. The molecule has 1 aromatic rings. The highest BCUT2D eigenvalue weighted by Crippen LogP contribution is 2.14. The van der Waals surface area contributed by atoms with Crippen molar-refractivity contribution in [1.29, 1.82) is 0 Å². The number of benzene rings is 1. The van der Waals surface area contributed by atoms with Crippen LogP contribution in [0.15, 0.2) is 24.3 Å². The Morgan fingerprint density at radius 3 is 2.80 bits per heavy atom. The average Bonchev–Trinajstić information content (AvgIpc) is 2.17. The smallest absolute Gasteiger partial charge is 0.225 e. The summed E-state index contributed by atoms with van der Waals surface area (Å²) in [7, 11) is 3.45. The van der Waals surface area contributed by atoms with E-state index in [9.17, 15) is 4.79 Å². The predicted molar refractivity (Wildman–Crippen MR) is 59.7 cm³/mol. The van der Waals surface area contributed by atoms with E-state index in [1.807, 2.05) is 12.1 Å². The van der Waals surface area contributed by atoms with Crippen LogP contribution in [0.1, 0.15) is 6.42 Å². The zero-order chi connectivity index (χ0) is 11.3. The zero-order valence-corrected chi connectivity index (χ0v) is 9.06. The number of hydrogen-bond acceptors (Lipinski definition) is 3. The number of nitrogen functional groups attached to an aromatic ring is 1. The first-order valence-electron chi connectivity index (χ1n) is 4.78. The van der Waals surface area contributed by atoms with Gasteiger partial charge in [-0.05, 0) is 12.1 Å². The van der Waals surface area contributed by atoms with Gasteiger partial charge >= 0.3 is 0 Å². The molecule has 0 saturated carbocycles. The number of rotatable bonds is 4. The van der Waals surface area contributed by atoms with E-state index in [0.29, 0.717) is 24.5 Å². The molecule has 2 N–H and O–H groups in total. The lowest BCUT2D eigenvalue weighted by atomic mass is 10.3. The van der Waals surface area contributed by atoms with Crippen LogP contribution in [-0.4, -0.2) is 31.5 Å². The lowest BCUT2D eigenvalue weighted by molar-refractivity contribution is -0.129. The van der Waals surface area contributed by atoms with E-state index in [-0.39, 0.29) is 5.91 Å². The van der Waals surface area contributed by atoms with Crippen LogP contribution < -0.4 is 10.5 Å². The second-order valence-electron chi connectivity index (χ2n) is 3.46. The molecule has 0 aliphatic carbocycles. The van der Waals surface area contributed by atoms with Crippen molar-refractivity contribution in [2.75, 3.05) is 26.4 Å². The van der Waals surface area contributed by atoms with Gasteiger partial charge < -0.3 is 15.4 Å². The fourth-order valence-electron chi connectivity index (χ4n) is 1.08. The Morgan fingerprint density at radius 2 is 2.20 bits per heavy atom. The molecule has 0 aromatic heterocycles. The highest BCUT2D eigenvalue weighted by atomic mass is 16.5. The van der Waals surface area contributed by atoms with Gasteiger partial charge in [-0.2, -0.15) is 0 Å². The van der Waals surface area contributed by atoms with Gasteiger partial charge in [-0.15, -0.1) is 0 Å². The molecular formula is C11H16N2O2. The molecule has 0 aliphatic rings. The summed E-state index contributed by atoms with van der Waals surface area (Å²) in [4.78, 5) is 12.8. The molecule has 4 nitrogen and oxygen atoms in total. The molecule has 0 atom stereocenters. The average molecular weight is 208 g/mol. The highest BCUT2D eigenvalue weighted by Gasteiger charge is 2.03. The number of carbonyl (C=O) groups is 1. The maximum Gasteiger partial charge on any atom is 0.225 e. The predicted octanol–water partition coefficient (Wildman–Crippen LogP) is 1.13. The Morgan fingerprint density at radius 1 is 1.47 bits per heavy atom. The second-order valence-corrected chi connectivity index (χ2v) is 3.46. The Labute approximate surface area is 89.6 Å². The van der Waals surface area contributed by atoms with Crippen LogP contribution in [0.4, 0.5) is 5.69 Å². The van der Waals surface area contributed by atoms with Crippen LogP contribution >= 0.6 is 0 Å². The number of anilines is 1. The number of carbonyl (C=O) groups excluding carboxylic acids is 1. The maximum atomic E-state index is 11.2. The van der Waals surface area contributed by atoms with Crippen molar-refractivity contribution in [2.24, 2.45) is 0 Å². The third-order valence-corrected chi connectivity index (χ3v) is 1.94. The van der Waals surface area contributed by atoms with Gasteiger partial charge in [0.05, 0.1) is 13.0 Å². The largest absolute Gasteiger partial charge is 0.493 e. The molecule has 15 heavy (non-hydrogen) atoms. The van der Waals surface area contributed by atoms with Crippen molar-refractivity contribution < 1.29 is 9.53 Å². The molecule has 0 bridgehead atoms. The quantitative estimate of drug-likeness (QED) is 0.754. The van der Waals surface area contributed by atoms with Crippen LogP contribution in [0, 0.1) is 0 Å². The van der Waals surface area contributed by atoms with Crippen molar-refractivity contribution in [3.63, 3.8) is 0 Å². The number of nitrogens with two attached hydrogens (primary N) is 1. The summed E-state index contributed by atoms with van der Waals surface area (Å²) in [6.45, 7) is 0.375. The SMILES string of the molecule is CN(C)C(=O)CCOc1cccc(N)c1. The van der Waals surface area contributed by atoms with E-state index >= 15 is 0 Å². The van der Waals surface area contributed by atoms with Gasteiger partial charge in [-0.1, -0.05) is 6.07 Å². The van der Waals surface area contributed by atoms with Gasteiger partial charge in [-0.25, -0.2) is 0 Å². The van der Waals surface area contributed by atoms with Crippen LogP contribution in [0.2, 0.25) is 0 Å². The van der Waals surface area contributed by atoms with Gasteiger partial charge in [-0.3, -0.25) is 4.79 Å². The number of amides is 1. The molecule has 1 amide bonds. The molecule has 4 heteroatoms. The number of ether oxygens (including phenoxy) is 1. The fourth-order valence-corrected chi connectivity index (χ4v) is 1.08. The molecule has 0 saturated heterocycles. The molecule has 82 valence electrons. The first-order chi connectivity index (χ1) is 7.09. The Balaban J connectivity index is 2.35. The molecule has 0 spiro atoms. The van der Waals surface area contributed by atoms with Gasteiger partial charge in [0, 0.05) is 25.8 Å². The van der Waals surface area contributed by atoms with Gasteiger partial charge in [0.1, 0.15) is 5.75 Å².